The average Bonchev–Trinajstić information content (AvgIpc) is 3.49. The summed E-state index contributed by atoms with van der Waals surface area (Å²) in [5, 5.41) is 11.2. The van der Waals surface area contributed by atoms with Gasteiger partial charge in [0.25, 0.3) is 5.91 Å². The summed E-state index contributed by atoms with van der Waals surface area (Å²) in [4.78, 5) is 70.6. The summed E-state index contributed by atoms with van der Waals surface area (Å²) in [6.07, 6.45) is 18.0. The maximum absolute atomic E-state index is 14.4. The van der Waals surface area contributed by atoms with Crippen LogP contribution in [-0.4, -0.2) is 41.8 Å². The maximum Gasteiger partial charge on any atom is 0.338 e. The predicted molar refractivity (Wildman–Crippen MR) is 195 cm³/mol. The molecule has 7 unspecified atom stereocenters. The van der Waals surface area contributed by atoms with Crippen molar-refractivity contribution in [1.82, 2.24) is 16.0 Å². The molecule has 5 aliphatic heterocycles. The highest BCUT2D eigenvalue weighted by Gasteiger charge is 2.63. The number of benzene rings is 3. The van der Waals surface area contributed by atoms with E-state index < -0.39 is 53.3 Å². The van der Waals surface area contributed by atoms with Crippen LogP contribution >= 0.6 is 0 Å². The molecule has 3 aromatic rings. The van der Waals surface area contributed by atoms with Gasteiger partial charge in [0.15, 0.2) is 0 Å². The fraction of sp³-hybridized carbons (Fsp3) is 0.205. The van der Waals surface area contributed by atoms with Gasteiger partial charge < -0.3 is 20.1 Å². The normalized spacial score (nSPS) is 29.9. The third kappa shape index (κ3) is 4.75. The second kappa shape index (κ2) is 12.0. The minimum Gasteiger partial charge on any atom is -0.455 e. The first-order valence-corrected chi connectivity index (χ1v) is 18.1. The van der Waals surface area contributed by atoms with E-state index in [9.17, 15) is 24.0 Å². The highest BCUT2D eigenvalue weighted by Crippen LogP contribution is 2.53. The van der Waals surface area contributed by atoms with Crippen molar-refractivity contribution in [2.75, 3.05) is 0 Å². The van der Waals surface area contributed by atoms with Crippen LogP contribution in [0.2, 0.25) is 0 Å². The molecule has 0 bridgehead atoms. The molecular formula is C44H32N3O7. The first-order valence-electron chi connectivity index (χ1n) is 18.1. The lowest BCUT2D eigenvalue weighted by Crippen LogP contribution is -2.59. The van der Waals surface area contributed by atoms with Gasteiger partial charge in [0.1, 0.15) is 17.4 Å². The van der Waals surface area contributed by atoms with Gasteiger partial charge in [-0.25, -0.2) is 10.1 Å². The van der Waals surface area contributed by atoms with E-state index in [2.05, 4.69) is 10.6 Å². The molecule has 0 fully saturated rings. The van der Waals surface area contributed by atoms with E-state index in [0.29, 0.717) is 33.6 Å². The number of amides is 3. The molecule has 3 aromatic carbocycles. The van der Waals surface area contributed by atoms with E-state index in [-0.39, 0.29) is 36.3 Å². The Hall–Kier alpha value is -6.55. The molecule has 0 spiro atoms. The summed E-state index contributed by atoms with van der Waals surface area (Å²) in [5.41, 5.74) is 3.16. The zero-order valence-electron chi connectivity index (χ0n) is 28.7. The number of carbonyl (C=O) groups is 5. The Morgan fingerprint density at radius 3 is 2.30 bits per heavy atom. The second-order valence-electron chi connectivity index (χ2n) is 14.5. The monoisotopic (exact) mass is 714 g/mol. The number of esters is 2. The first-order chi connectivity index (χ1) is 26.3. The standard InChI is InChI=1S/C44H32N3O7/c48-39-27-13-5-1-9-23(27)21-34(46-39)37-29(31-19-25-11-3-7-15-33(25)45-40(31)49)17-18-30-38(37)44(47-41(30)50,32-20-26-12-4-8-16-35(26)53-43(32)52)36-22-24-10-2-6-14-28(24)42(51)54-36/h1-19,21,27,31-34,36H,20,22H2,(H,45,49)(H,46,48). The molecular weight excluding hydrogens is 682 g/mol. The van der Waals surface area contributed by atoms with Gasteiger partial charge in [-0.15, -0.1) is 0 Å². The van der Waals surface area contributed by atoms with Crippen LogP contribution in [0.4, 0.5) is 0 Å². The number of rotatable bonds is 4. The number of fused-ring (bicyclic) bond motifs is 5. The van der Waals surface area contributed by atoms with Gasteiger partial charge in [0.2, 0.25) is 11.8 Å². The summed E-state index contributed by atoms with van der Waals surface area (Å²) in [5.74, 6) is -4.45. The van der Waals surface area contributed by atoms with Crippen molar-refractivity contribution in [1.29, 1.82) is 0 Å². The topological polar surface area (TPSA) is 142 Å². The lowest BCUT2D eigenvalue weighted by atomic mass is 9.66. The Morgan fingerprint density at radius 1 is 0.685 bits per heavy atom. The number of cyclic esters (lactones) is 1. The quantitative estimate of drug-likeness (QED) is 0.296. The Kier molecular flexibility index (Phi) is 7.13. The van der Waals surface area contributed by atoms with Crippen molar-refractivity contribution >= 4 is 29.7 Å². The third-order valence-corrected chi connectivity index (χ3v) is 11.7. The number of hydrogen-bond acceptors (Lipinski definition) is 7. The van der Waals surface area contributed by atoms with E-state index in [0.717, 1.165) is 16.7 Å². The number of nitrogens with zero attached hydrogens (tertiary/aromatic N) is 1. The van der Waals surface area contributed by atoms with E-state index in [4.69, 9.17) is 14.8 Å². The van der Waals surface area contributed by atoms with Crippen LogP contribution in [0.3, 0.4) is 0 Å². The zero-order chi connectivity index (χ0) is 36.7. The van der Waals surface area contributed by atoms with Gasteiger partial charge >= 0.3 is 11.9 Å². The molecule has 3 amide bonds. The lowest BCUT2D eigenvalue weighted by Gasteiger charge is -2.45. The van der Waals surface area contributed by atoms with Crippen LogP contribution < -0.4 is 20.7 Å². The van der Waals surface area contributed by atoms with Gasteiger partial charge in [0.05, 0.1) is 35.4 Å². The highest BCUT2D eigenvalue weighted by atomic mass is 16.6. The van der Waals surface area contributed by atoms with Crippen molar-refractivity contribution in [2.24, 2.45) is 11.8 Å². The molecule has 0 aromatic heterocycles. The van der Waals surface area contributed by atoms with Gasteiger partial charge in [-0.2, -0.15) is 0 Å². The van der Waals surface area contributed by atoms with Crippen LogP contribution in [0.15, 0.2) is 133 Å². The van der Waals surface area contributed by atoms with E-state index in [1.165, 1.54) is 0 Å². The number of para-hydroxylation sites is 1. The largest absolute Gasteiger partial charge is 0.455 e. The molecule has 265 valence electrons. The van der Waals surface area contributed by atoms with Crippen molar-refractivity contribution in [3.05, 3.63) is 172 Å². The van der Waals surface area contributed by atoms with Crippen molar-refractivity contribution in [2.45, 2.75) is 42.5 Å². The fourth-order valence-electron chi connectivity index (χ4n) is 9.19. The fourth-order valence-corrected chi connectivity index (χ4v) is 9.19. The highest BCUT2D eigenvalue weighted by molar-refractivity contribution is 6.03. The summed E-state index contributed by atoms with van der Waals surface area (Å²) >= 11 is 0. The third-order valence-electron chi connectivity index (χ3n) is 11.7. The molecule has 5 heterocycles. The molecule has 7 aliphatic rings. The number of carbonyl (C=O) groups excluding carboxylic acids is 5. The Balaban J connectivity index is 1.26. The Morgan fingerprint density at radius 2 is 1.43 bits per heavy atom. The van der Waals surface area contributed by atoms with Gasteiger partial charge in [-0.3, -0.25) is 19.2 Å². The van der Waals surface area contributed by atoms with Gasteiger partial charge in [-0.05, 0) is 58.0 Å². The molecule has 54 heavy (non-hydrogen) atoms. The van der Waals surface area contributed by atoms with E-state index in [1.54, 1.807) is 36.4 Å². The number of hydrogen-bond donors (Lipinski definition) is 2. The summed E-state index contributed by atoms with van der Waals surface area (Å²) in [7, 11) is 0. The van der Waals surface area contributed by atoms with Crippen LogP contribution in [0, 0.1) is 11.8 Å². The van der Waals surface area contributed by atoms with E-state index >= 15 is 0 Å². The molecule has 10 heteroatoms. The molecule has 10 nitrogen and oxygen atoms in total. The number of ether oxygens (including phenoxy) is 2. The second-order valence-corrected chi connectivity index (χ2v) is 14.5. The van der Waals surface area contributed by atoms with Crippen molar-refractivity contribution in [3.8, 4) is 5.75 Å². The van der Waals surface area contributed by atoms with Crippen molar-refractivity contribution in [3.63, 3.8) is 0 Å². The molecule has 2 aliphatic carbocycles. The van der Waals surface area contributed by atoms with Crippen LogP contribution in [0.25, 0.3) is 0 Å². The van der Waals surface area contributed by atoms with Gasteiger partial charge in [0, 0.05) is 17.5 Å². The summed E-state index contributed by atoms with van der Waals surface area (Å²) < 4.78 is 12.3. The summed E-state index contributed by atoms with van der Waals surface area (Å²) in [6, 6.07) is 16.5. The maximum atomic E-state index is 14.4. The molecule has 0 saturated carbocycles. The Bertz CT molecular complexity index is 2430. The number of nitrogens with one attached hydrogen (secondary N) is 2. The zero-order valence-corrected chi connectivity index (χ0v) is 28.7. The summed E-state index contributed by atoms with van der Waals surface area (Å²) in [6.45, 7) is 0. The molecule has 7 atom stereocenters. The SMILES string of the molecule is O=C1OC(C2(C3Cc4ccccc4OC3=O)[N]C(=O)c3ccc(C4C=C5C=CC=CC5NC4=O)c(C4C=C5C=CC=CC5C(=O)N4)c32)Cc2ccccc21. The lowest BCUT2D eigenvalue weighted by molar-refractivity contribution is -0.147. The minimum absolute atomic E-state index is 0.130. The first kappa shape index (κ1) is 32.1. The molecule has 10 rings (SSSR count). The Labute approximate surface area is 310 Å². The van der Waals surface area contributed by atoms with Crippen molar-refractivity contribution < 1.29 is 33.4 Å². The van der Waals surface area contributed by atoms with Crippen LogP contribution in [0.5, 0.6) is 5.75 Å². The minimum atomic E-state index is -1.80. The molecule has 2 N–H and O–H groups in total. The van der Waals surface area contributed by atoms with E-state index in [1.807, 2.05) is 85.0 Å². The molecule has 1 radical (unpaired) electrons. The van der Waals surface area contributed by atoms with Gasteiger partial charge in [-0.1, -0.05) is 103 Å². The van der Waals surface area contributed by atoms with Crippen LogP contribution in [0.1, 0.15) is 60.5 Å². The predicted octanol–water partition coefficient (Wildman–Crippen LogP) is 4.67. The number of allylic oxidation sites excluding steroid dienone is 5. The average molecular weight is 715 g/mol. The molecule has 0 saturated heterocycles. The smallest absolute Gasteiger partial charge is 0.338 e. The van der Waals surface area contributed by atoms with Crippen LogP contribution in [-0.2, 0) is 37.5 Å².